The number of thioether (sulfide) groups is 1. The van der Waals surface area contributed by atoms with E-state index in [1.54, 1.807) is 60.7 Å². The fraction of sp³-hybridized carbons (Fsp3) is 0.174. The van der Waals surface area contributed by atoms with Gasteiger partial charge in [0.15, 0.2) is 11.5 Å². The van der Waals surface area contributed by atoms with Gasteiger partial charge in [0.2, 0.25) is 0 Å². The van der Waals surface area contributed by atoms with Crippen molar-refractivity contribution in [2.45, 2.75) is 11.4 Å². The van der Waals surface area contributed by atoms with Gasteiger partial charge in [-0.1, -0.05) is 53.7 Å². The maximum absolute atomic E-state index is 13.1. The van der Waals surface area contributed by atoms with Crippen molar-refractivity contribution < 1.29 is 63.4 Å². The topological polar surface area (TPSA) is 163 Å². The number of carbonyl (C=O) groups excluding carboxylic acids is 4. The van der Waals surface area contributed by atoms with Crippen molar-refractivity contribution in [3.05, 3.63) is 77.5 Å². The molecule has 11 nitrogen and oxygen atoms in total. The standard InChI is InChI=1S/C23H20N4O7S.Na/c24-23(32)33-11-14-12-35-21-17(20(29)27(21)18(14)22(30)31)25-19(28)16(13-7-3-1-4-8-13)26-34-15-9-5-2-6-10-15;/h1-10,17,21H,11-12H2,(H2,24,32)(H,25,28)(H,30,31);/q;+1/p-1/t17-,21-;/m1./s1. The first kappa shape index (κ1) is 27.3. The number of rotatable bonds is 8. The number of nitrogens with one attached hydrogen (secondary N) is 1. The monoisotopic (exact) mass is 518 g/mol. The van der Waals surface area contributed by atoms with Crippen molar-refractivity contribution in [1.82, 2.24) is 10.2 Å². The molecule has 3 amide bonds. The van der Waals surface area contributed by atoms with Crippen LogP contribution in [0.4, 0.5) is 4.79 Å². The molecule has 2 heterocycles. The van der Waals surface area contributed by atoms with Crippen LogP contribution in [-0.2, 0) is 19.1 Å². The predicted molar refractivity (Wildman–Crippen MR) is 123 cm³/mol. The van der Waals surface area contributed by atoms with Crippen molar-refractivity contribution in [1.29, 1.82) is 0 Å². The quantitative estimate of drug-likeness (QED) is 0.161. The summed E-state index contributed by atoms with van der Waals surface area (Å²) in [4.78, 5) is 55.0. The van der Waals surface area contributed by atoms with Gasteiger partial charge in [0.1, 0.15) is 18.0 Å². The summed E-state index contributed by atoms with van der Waals surface area (Å²) in [6, 6.07) is 16.2. The first-order chi connectivity index (χ1) is 16.9. The molecule has 4 rings (SSSR count). The zero-order chi connectivity index (χ0) is 24.9. The molecular weight excluding hydrogens is 499 g/mol. The third-order valence-electron chi connectivity index (χ3n) is 5.16. The van der Waals surface area contributed by atoms with E-state index in [1.165, 1.54) is 11.8 Å². The molecule has 2 aromatic carbocycles. The molecule has 2 aliphatic rings. The minimum Gasteiger partial charge on any atom is -0.543 e. The molecule has 1 saturated heterocycles. The van der Waals surface area contributed by atoms with Crippen LogP contribution in [0, 0.1) is 0 Å². The predicted octanol–water partition coefficient (Wildman–Crippen LogP) is -3.03. The van der Waals surface area contributed by atoms with Crippen molar-refractivity contribution in [3.63, 3.8) is 0 Å². The van der Waals surface area contributed by atoms with Gasteiger partial charge in [-0.15, -0.1) is 11.8 Å². The van der Waals surface area contributed by atoms with E-state index in [2.05, 4.69) is 15.2 Å². The number of carboxylic acid groups (broad SMARTS) is 1. The zero-order valence-electron chi connectivity index (χ0n) is 19.1. The van der Waals surface area contributed by atoms with Gasteiger partial charge in [0, 0.05) is 16.9 Å². The molecule has 180 valence electrons. The van der Waals surface area contributed by atoms with Crippen LogP contribution in [0.25, 0.3) is 0 Å². The SMILES string of the molecule is NC(=O)OCC1=C(C(=O)[O-])N2C(=O)[C@@H](NC(=O)C(=NOc3ccccc3)c3ccccc3)[C@H]2SC1.[Na+]. The molecule has 0 bridgehead atoms. The van der Waals surface area contributed by atoms with E-state index in [9.17, 15) is 24.3 Å². The average Bonchev–Trinajstić information content (AvgIpc) is 2.86. The van der Waals surface area contributed by atoms with Crippen molar-refractivity contribution in [2.24, 2.45) is 10.9 Å². The number of benzene rings is 2. The number of hydrogen-bond acceptors (Lipinski definition) is 9. The summed E-state index contributed by atoms with van der Waals surface area (Å²) in [5, 5.41) is 17.7. The maximum atomic E-state index is 13.1. The normalized spacial score (nSPS) is 18.8. The molecule has 2 aliphatic heterocycles. The van der Waals surface area contributed by atoms with Gasteiger partial charge in [-0.2, -0.15) is 0 Å². The summed E-state index contributed by atoms with van der Waals surface area (Å²) in [6.45, 7) is -0.388. The molecule has 0 unspecified atom stereocenters. The number of carbonyl (C=O) groups is 4. The molecule has 3 N–H and O–H groups in total. The van der Waals surface area contributed by atoms with Crippen LogP contribution in [0.3, 0.4) is 0 Å². The van der Waals surface area contributed by atoms with Gasteiger partial charge in [0.25, 0.3) is 11.8 Å². The fourth-order valence-electron chi connectivity index (χ4n) is 3.55. The number of nitrogens with zero attached hydrogens (tertiary/aromatic N) is 2. The molecule has 0 spiro atoms. The molecule has 2 atom stereocenters. The van der Waals surface area contributed by atoms with Crippen LogP contribution < -0.4 is 50.6 Å². The van der Waals surface area contributed by atoms with Gasteiger partial charge in [-0.05, 0) is 12.1 Å². The second-order valence-electron chi connectivity index (χ2n) is 7.42. The summed E-state index contributed by atoms with van der Waals surface area (Å²) >= 11 is 1.20. The number of carboxylic acids is 1. The number of hydrogen-bond donors (Lipinski definition) is 2. The molecule has 0 saturated carbocycles. The molecule has 2 aromatic rings. The van der Waals surface area contributed by atoms with Crippen LogP contribution in [-0.4, -0.2) is 58.3 Å². The number of aliphatic carboxylic acids is 1. The Morgan fingerprint density at radius 1 is 1.11 bits per heavy atom. The van der Waals surface area contributed by atoms with Gasteiger partial charge in [-0.25, -0.2) is 4.79 Å². The van der Waals surface area contributed by atoms with Crippen LogP contribution in [0.2, 0.25) is 0 Å². The van der Waals surface area contributed by atoms with Gasteiger partial charge in [0.05, 0.1) is 11.7 Å². The van der Waals surface area contributed by atoms with E-state index in [0.717, 1.165) is 4.90 Å². The molecule has 0 aromatic heterocycles. The van der Waals surface area contributed by atoms with Crippen LogP contribution in [0.15, 0.2) is 77.1 Å². The number of para-hydroxylation sites is 1. The third kappa shape index (κ3) is 5.90. The Labute approximate surface area is 232 Å². The Balaban J connectivity index is 0.00000361. The molecule has 0 aliphatic carbocycles. The second-order valence-corrected chi connectivity index (χ2v) is 8.52. The molecule has 0 radical (unpaired) electrons. The Morgan fingerprint density at radius 3 is 2.36 bits per heavy atom. The largest absolute Gasteiger partial charge is 1.00 e. The summed E-state index contributed by atoms with van der Waals surface area (Å²) in [6.07, 6.45) is -1.08. The Bertz CT molecular complexity index is 1220. The van der Waals surface area contributed by atoms with Gasteiger partial charge in [-0.3, -0.25) is 14.5 Å². The van der Waals surface area contributed by atoms with E-state index in [4.69, 9.17) is 10.6 Å². The van der Waals surface area contributed by atoms with Crippen molar-refractivity contribution in [2.75, 3.05) is 12.4 Å². The second kappa shape index (κ2) is 12.1. The number of nitrogens with two attached hydrogens (primary N) is 1. The summed E-state index contributed by atoms with van der Waals surface area (Å²) in [5.74, 6) is -2.37. The van der Waals surface area contributed by atoms with E-state index < -0.39 is 41.0 Å². The number of primary amides is 1. The van der Waals surface area contributed by atoms with E-state index >= 15 is 0 Å². The number of amides is 3. The molecular formula is C23H19N4NaO7S. The summed E-state index contributed by atoms with van der Waals surface area (Å²) in [7, 11) is 0. The maximum Gasteiger partial charge on any atom is 1.00 e. The number of ether oxygens (including phenoxy) is 1. The number of fused-ring (bicyclic) bond motifs is 1. The summed E-state index contributed by atoms with van der Waals surface area (Å²) < 4.78 is 4.68. The molecule has 1 fully saturated rings. The fourth-order valence-corrected chi connectivity index (χ4v) is 4.88. The minimum atomic E-state index is -1.60. The average molecular weight is 518 g/mol. The van der Waals surface area contributed by atoms with E-state index in [-0.39, 0.29) is 53.2 Å². The minimum absolute atomic E-state index is 0. The van der Waals surface area contributed by atoms with Crippen LogP contribution >= 0.6 is 11.8 Å². The summed E-state index contributed by atoms with van der Waals surface area (Å²) in [5.41, 5.74) is 5.12. The Hall–Kier alpha value is -3.32. The van der Waals surface area contributed by atoms with Crippen molar-refractivity contribution in [3.8, 4) is 5.75 Å². The zero-order valence-corrected chi connectivity index (χ0v) is 21.9. The van der Waals surface area contributed by atoms with Crippen molar-refractivity contribution >= 4 is 41.4 Å². The third-order valence-corrected chi connectivity index (χ3v) is 6.50. The molecule has 36 heavy (non-hydrogen) atoms. The van der Waals surface area contributed by atoms with Crippen LogP contribution in [0.1, 0.15) is 5.56 Å². The number of β-lactam (4-membered cyclic amide) rings is 1. The first-order valence-corrected chi connectivity index (χ1v) is 11.4. The Morgan fingerprint density at radius 2 is 1.75 bits per heavy atom. The van der Waals surface area contributed by atoms with Gasteiger partial charge < -0.3 is 30.5 Å². The molecule has 13 heteroatoms. The van der Waals surface area contributed by atoms with E-state index in [0.29, 0.717) is 11.3 Å². The smallest absolute Gasteiger partial charge is 0.543 e. The first-order valence-electron chi connectivity index (χ1n) is 10.3. The number of oxime groups is 1. The van der Waals surface area contributed by atoms with Crippen LogP contribution in [0.5, 0.6) is 5.75 Å². The Kier molecular flexibility index (Phi) is 9.15. The van der Waals surface area contributed by atoms with Gasteiger partial charge >= 0.3 is 35.7 Å². The van der Waals surface area contributed by atoms with E-state index in [1.807, 2.05) is 0 Å².